The molecule has 0 radical (unpaired) electrons. The molecule has 1 aromatic heterocycles. The van der Waals surface area contributed by atoms with Gasteiger partial charge in [-0.3, -0.25) is 9.89 Å². The van der Waals surface area contributed by atoms with E-state index in [1.54, 1.807) is 25.1 Å². The van der Waals surface area contributed by atoms with E-state index in [9.17, 15) is 9.90 Å². The van der Waals surface area contributed by atoms with Crippen molar-refractivity contribution in [3.8, 4) is 5.75 Å². The van der Waals surface area contributed by atoms with Gasteiger partial charge in [-0.15, -0.1) is 5.11 Å². The zero-order valence-electron chi connectivity index (χ0n) is 16.1. The zero-order chi connectivity index (χ0) is 20.9. The number of aromatic amines is 1. The van der Waals surface area contributed by atoms with Crippen molar-refractivity contribution in [2.24, 2.45) is 15.3 Å². The molecule has 0 spiro atoms. The summed E-state index contributed by atoms with van der Waals surface area (Å²) in [5.41, 5.74) is 5.04. The second kappa shape index (κ2) is 8.36. The molecule has 0 aliphatic heterocycles. The molecule has 0 bridgehead atoms. The van der Waals surface area contributed by atoms with E-state index in [-0.39, 0.29) is 11.4 Å². The van der Waals surface area contributed by atoms with Gasteiger partial charge in [0.15, 0.2) is 5.69 Å². The number of amides is 1. The van der Waals surface area contributed by atoms with Crippen molar-refractivity contribution in [2.75, 3.05) is 0 Å². The van der Waals surface area contributed by atoms with E-state index < -0.39 is 5.91 Å². The average molecular weight is 398 g/mol. The summed E-state index contributed by atoms with van der Waals surface area (Å²) in [6.07, 6.45) is 1.34. The van der Waals surface area contributed by atoms with Crippen LogP contribution in [0.3, 0.4) is 0 Å². The normalized spacial score (nSPS) is 11.5. The first kappa shape index (κ1) is 19.0. The molecule has 3 N–H and O–H groups in total. The Balaban J connectivity index is 1.51. The smallest absolute Gasteiger partial charge is 0.291 e. The minimum atomic E-state index is -0.457. The molecule has 0 aliphatic rings. The van der Waals surface area contributed by atoms with Crippen LogP contribution < -0.4 is 5.43 Å². The molecule has 148 valence electrons. The molecular weight excluding hydrogens is 380 g/mol. The van der Waals surface area contributed by atoms with Crippen LogP contribution in [0.25, 0.3) is 10.8 Å². The van der Waals surface area contributed by atoms with Crippen LogP contribution >= 0.6 is 0 Å². The molecule has 30 heavy (non-hydrogen) atoms. The van der Waals surface area contributed by atoms with Crippen molar-refractivity contribution in [1.29, 1.82) is 0 Å². The first-order valence-electron chi connectivity index (χ1n) is 9.18. The topological polar surface area (TPSA) is 115 Å². The van der Waals surface area contributed by atoms with Crippen LogP contribution in [0.2, 0.25) is 0 Å². The van der Waals surface area contributed by atoms with E-state index in [0.29, 0.717) is 11.3 Å². The van der Waals surface area contributed by atoms with E-state index in [1.807, 2.05) is 42.5 Å². The highest BCUT2D eigenvalue weighted by atomic mass is 16.3. The summed E-state index contributed by atoms with van der Waals surface area (Å²) in [6.45, 7) is 1.80. The molecule has 0 aliphatic carbocycles. The number of rotatable bonds is 5. The lowest BCUT2D eigenvalue weighted by Crippen LogP contribution is -2.18. The quantitative estimate of drug-likeness (QED) is 0.256. The molecule has 4 rings (SSSR count). The summed E-state index contributed by atoms with van der Waals surface area (Å²) in [6, 6.07) is 20.1. The van der Waals surface area contributed by atoms with Gasteiger partial charge in [0, 0.05) is 16.6 Å². The number of hydrogen-bond acceptors (Lipinski definition) is 6. The van der Waals surface area contributed by atoms with E-state index >= 15 is 0 Å². The molecule has 1 amide bonds. The summed E-state index contributed by atoms with van der Waals surface area (Å²) in [4.78, 5) is 12.0. The van der Waals surface area contributed by atoms with Crippen LogP contribution in [0.4, 0.5) is 11.4 Å². The van der Waals surface area contributed by atoms with E-state index in [0.717, 1.165) is 22.2 Å². The van der Waals surface area contributed by atoms with Gasteiger partial charge < -0.3 is 5.11 Å². The summed E-state index contributed by atoms with van der Waals surface area (Å²) in [7, 11) is 0. The fraction of sp³-hybridized carbons (Fsp3) is 0.0455. The molecule has 3 aromatic carbocycles. The minimum absolute atomic E-state index is 0.00715. The number of phenols is 1. The fourth-order valence-corrected chi connectivity index (χ4v) is 2.87. The number of hydrogen-bond donors (Lipinski definition) is 3. The molecule has 1 heterocycles. The lowest BCUT2D eigenvalue weighted by molar-refractivity contribution is 0.0950. The van der Waals surface area contributed by atoms with Gasteiger partial charge in [-0.05, 0) is 42.6 Å². The van der Waals surface area contributed by atoms with Crippen LogP contribution in [-0.2, 0) is 0 Å². The van der Waals surface area contributed by atoms with Crippen molar-refractivity contribution in [3.05, 3.63) is 83.7 Å². The summed E-state index contributed by atoms with van der Waals surface area (Å²) in [5.74, 6) is -0.449. The van der Waals surface area contributed by atoms with Crippen molar-refractivity contribution in [1.82, 2.24) is 15.6 Å². The molecule has 0 saturated heterocycles. The van der Waals surface area contributed by atoms with Crippen LogP contribution in [0.1, 0.15) is 21.7 Å². The third-order valence-corrected chi connectivity index (χ3v) is 4.36. The Morgan fingerprint density at radius 2 is 1.90 bits per heavy atom. The maximum atomic E-state index is 12.0. The van der Waals surface area contributed by atoms with Crippen LogP contribution in [0, 0.1) is 6.92 Å². The molecular formula is C22H18N6O2. The standard InChI is InChI=1S/C22H18N6O2/c1-14-11-20(27-24-14)22(30)28-23-13-16-12-17(9-10-21(16)29)25-26-19-8-4-6-15-5-2-3-7-18(15)19/h2-13,29H,1H3,(H,24,27)(H,28,30). The second-order valence-corrected chi connectivity index (χ2v) is 6.58. The van der Waals surface area contributed by atoms with Gasteiger partial charge in [-0.2, -0.15) is 15.3 Å². The number of aromatic hydroxyl groups is 1. The Kier molecular flexibility index (Phi) is 5.29. The molecule has 0 saturated carbocycles. The Morgan fingerprint density at radius 1 is 1.07 bits per heavy atom. The molecule has 0 fully saturated rings. The summed E-state index contributed by atoms with van der Waals surface area (Å²) < 4.78 is 0. The van der Waals surface area contributed by atoms with Gasteiger partial charge >= 0.3 is 0 Å². The Hall–Kier alpha value is -4.33. The van der Waals surface area contributed by atoms with E-state index in [4.69, 9.17) is 0 Å². The van der Waals surface area contributed by atoms with Gasteiger partial charge in [0.2, 0.25) is 0 Å². The number of aromatic nitrogens is 2. The number of benzene rings is 3. The third-order valence-electron chi connectivity index (χ3n) is 4.36. The number of nitrogens with zero attached hydrogens (tertiary/aromatic N) is 4. The first-order chi connectivity index (χ1) is 14.6. The first-order valence-corrected chi connectivity index (χ1v) is 9.18. The van der Waals surface area contributed by atoms with Crippen molar-refractivity contribution in [2.45, 2.75) is 6.92 Å². The Morgan fingerprint density at radius 3 is 2.73 bits per heavy atom. The average Bonchev–Trinajstić information content (AvgIpc) is 3.20. The third kappa shape index (κ3) is 4.22. The number of carbonyl (C=O) groups excluding carboxylic acids is 1. The summed E-state index contributed by atoms with van der Waals surface area (Å²) >= 11 is 0. The van der Waals surface area contributed by atoms with Crippen molar-refractivity contribution in [3.63, 3.8) is 0 Å². The van der Waals surface area contributed by atoms with Gasteiger partial charge in [-0.1, -0.05) is 36.4 Å². The molecule has 8 heteroatoms. The van der Waals surface area contributed by atoms with Gasteiger partial charge in [0.05, 0.1) is 17.6 Å². The number of hydrazone groups is 1. The lowest BCUT2D eigenvalue weighted by atomic mass is 10.1. The number of azo groups is 1. The number of phenolic OH excluding ortho intramolecular Hbond substituents is 1. The number of nitrogens with one attached hydrogen (secondary N) is 2. The second-order valence-electron chi connectivity index (χ2n) is 6.58. The van der Waals surface area contributed by atoms with Crippen molar-refractivity contribution >= 4 is 34.3 Å². The highest BCUT2D eigenvalue weighted by Gasteiger charge is 2.08. The van der Waals surface area contributed by atoms with Gasteiger partial charge in [0.1, 0.15) is 5.75 Å². The predicted molar refractivity (Wildman–Crippen MR) is 115 cm³/mol. The highest BCUT2D eigenvalue weighted by Crippen LogP contribution is 2.28. The fourth-order valence-electron chi connectivity index (χ4n) is 2.87. The predicted octanol–water partition coefficient (Wildman–Crippen LogP) is 4.76. The maximum Gasteiger partial charge on any atom is 0.291 e. The number of fused-ring (bicyclic) bond motifs is 1. The van der Waals surface area contributed by atoms with E-state index in [2.05, 4.69) is 31.0 Å². The van der Waals surface area contributed by atoms with Crippen LogP contribution in [0.5, 0.6) is 5.75 Å². The monoisotopic (exact) mass is 398 g/mol. The largest absolute Gasteiger partial charge is 0.507 e. The Bertz CT molecular complexity index is 1270. The van der Waals surface area contributed by atoms with Crippen LogP contribution in [-0.4, -0.2) is 27.4 Å². The lowest BCUT2D eigenvalue weighted by Gasteiger charge is -2.02. The van der Waals surface area contributed by atoms with Crippen molar-refractivity contribution < 1.29 is 9.90 Å². The summed E-state index contributed by atoms with van der Waals surface area (Å²) in [5, 5.41) is 31.2. The maximum absolute atomic E-state index is 12.0. The number of carbonyl (C=O) groups is 1. The SMILES string of the molecule is Cc1cc(C(=O)NN=Cc2cc(N=Nc3cccc4ccccc34)ccc2O)n[nH]1. The zero-order valence-corrected chi connectivity index (χ0v) is 16.1. The number of aryl methyl sites for hydroxylation is 1. The molecule has 0 atom stereocenters. The highest BCUT2D eigenvalue weighted by molar-refractivity contribution is 5.94. The van der Waals surface area contributed by atoms with Gasteiger partial charge in [0.25, 0.3) is 5.91 Å². The number of H-pyrrole nitrogens is 1. The van der Waals surface area contributed by atoms with Crippen LogP contribution in [0.15, 0.2) is 82.1 Å². The van der Waals surface area contributed by atoms with Gasteiger partial charge in [-0.25, -0.2) is 5.43 Å². The van der Waals surface area contributed by atoms with E-state index in [1.165, 1.54) is 12.3 Å². The molecule has 4 aromatic rings. The minimum Gasteiger partial charge on any atom is -0.507 e. The Labute approximate surface area is 172 Å². The molecule has 8 nitrogen and oxygen atoms in total. The molecule has 0 unspecified atom stereocenters.